The van der Waals surface area contributed by atoms with Crippen molar-refractivity contribution in [2.24, 2.45) is 0 Å². The first-order chi connectivity index (χ1) is 15.4. The van der Waals surface area contributed by atoms with Gasteiger partial charge in [-0.1, -0.05) is 136 Å². The van der Waals surface area contributed by atoms with Gasteiger partial charge in [0.2, 0.25) is 0 Å². The zero-order valence-corrected chi connectivity index (χ0v) is 18.8. The third-order valence-electron chi connectivity index (χ3n) is 6.75. The first-order valence-electron chi connectivity index (χ1n) is 11.4. The van der Waals surface area contributed by atoms with Crippen molar-refractivity contribution in [2.75, 3.05) is 6.16 Å². The van der Waals surface area contributed by atoms with Gasteiger partial charge in [0.1, 0.15) is 0 Å². The van der Waals surface area contributed by atoms with Crippen molar-refractivity contribution in [3.63, 3.8) is 0 Å². The zero-order valence-electron chi connectivity index (χ0n) is 17.9. The Morgan fingerprint density at radius 2 is 1.03 bits per heavy atom. The van der Waals surface area contributed by atoms with Gasteiger partial charge in [0.05, 0.1) is 5.16 Å². The maximum atomic E-state index is 2.38. The molecule has 0 bridgehead atoms. The quantitative estimate of drug-likeness (QED) is 0.297. The summed E-state index contributed by atoms with van der Waals surface area (Å²) in [5, 5.41) is 1.48. The summed E-state index contributed by atoms with van der Waals surface area (Å²) < 4.78 is 0. The fraction of sp³-hybridized carbons (Fsp3) is 0.200. The molecule has 1 fully saturated rings. The molecule has 5 rings (SSSR count). The van der Waals surface area contributed by atoms with Crippen LogP contribution in [0.2, 0.25) is 0 Å². The normalized spacial score (nSPS) is 20.6. The van der Waals surface area contributed by atoms with Crippen LogP contribution in [0.1, 0.15) is 41.9 Å². The van der Waals surface area contributed by atoms with Gasteiger partial charge >= 0.3 is 0 Å². The first-order valence-corrected chi connectivity index (χ1v) is 12.9. The van der Waals surface area contributed by atoms with Crippen molar-refractivity contribution >= 4 is 13.2 Å². The van der Waals surface area contributed by atoms with Crippen molar-refractivity contribution in [3.8, 4) is 0 Å². The Bertz CT molecular complexity index is 983. The van der Waals surface area contributed by atoms with E-state index in [1.165, 1.54) is 47.4 Å². The van der Waals surface area contributed by atoms with Gasteiger partial charge in [-0.3, -0.25) is 0 Å². The molecule has 1 heterocycles. The molecule has 0 aliphatic carbocycles. The number of benzene rings is 4. The van der Waals surface area contributed by atoms with Crippen molar-refractivity contribution in [1.29, 1.82) is 0 Å². The molecule has 1 aliphatic rings. The average molecular weight is 421 g/mol. The second kappa shape index (κ2) is 9.21. The van der Waals surface area contributed by atoms with Gasteiger partial charge in [-0.05, 0) is 41.0 Å². The fourth-order valence-corrected chi connectivity index (χ4v) is 9.16. The van der Waals surface area contributed by atoms with Crippen LogP contribution in [0.5, 0.6) is 0 Å². The van der Waals surface area contributed by atoms with Gasteiger partial charge in [-0.15, -0.1) is 0 Å². The average Bonchev–Trinajstić information content (AvgIpc) is 3.07. The monoisotopic (exact) mass is 420 g/mol. The van der Waals surface area contributed by atoms with E-state index in [-0.39, 0.29) is 5.16 Å². The molecule has 0 N–H and O–H groups in total. The molecule has 0 amide bonds. The molecule has 0 aromatic heterocycles. The SMILES string of the molecule is c1ccc(C2CCCCP(c3ccccc3)C2(c2ccccc2)c2ccccc2)cc1. The Hall–Kier alpha value is -2.69. The molecule has 1 heteroatoms. The maximum Gasteiger partial charge on any atom is 0.0510 e. The van der Waals surface area contributed by atoms with Crippen LogP contribution in [0.15, 0.2) is 121 Å². The van der Waals surface area contributed by atoms with Gasteiger partial charge in [-0.2, -0.15) is 0 Å². The van der Waals surface area contributed by atoms with Crippen LogP contribution in [0.3, 0.4) is 0 Å². The third-order valence-corrected chi connectivity index (χ3v) is 10.1. The second-order valence-corrected chi connectivity index (χ2v) is 11.0. The first kappa shape index (κ1) is 20.2. The third kappa shape index (κ3) is 3.75. The summed E-state index contributed by atoms with van der Waals surface area (Å²) in [6.45, 7) is 0. The molecule has 0 nitrogen and oxygen atoms in total. The predicted molar refractivity (Wildman–Crippen MR) is 135 cm³/mol. The molecule has 2 atom stereocenters. The molecule has 4 aromatic carbocycles. The Morgan fingerprint density at radius 3 is 1.58 bits per heavy atom. The summed E-state index contributed by atoms with van der Waals surface area (Å²) in [6.07, 6.45) is 5.07. The van der Waals surface area contributed by atoms with E-state index in [1.54, 1.807) is 0 Å². The Labute approximate surface area is 187 Å². The maximum absolute atomic E-state index is 2.38. The molecule has 1 aliphatic heterocycles. The van der Waals surface area contributed by atoms with Crippen molar-refractivity contribution < 1.29 is 0 Å². The highest BCUT2D eigenvalue weighted by Crippen LogP contribution is 2.67. The molecular formula is C30H29P. The van der Waals surface area contributed by atoms with Gasteiger partial charge in [0, 0.05) is 5.92 Å². The molecule has 0 spiro atoms. The molecule has 0 radical (unpaired) electrons. The number of hydrogen-bond acceptors (Lipinski definition) is 0. The van der Waals surface area contributed by atoms with E-state index in [9.17, 15) is 0 Å². The molecule has 4 aromatic rings. The summed E-state index contributed by atoms with van der Waals surface area (Å²) >= 11 is 0. The minimum Gasteiger partial charge on any atom is -0.0622 e. The smallest absolute Gasteiger partial charge is 0.0510 e. The van der Waals surface area contributed by atoms with Crippen LogP contribution in [0.25, 0.3) is 0 Å². The zero-order chi connectivity index (χ0) is 20.9. The molecule has 154 valence electrons. The standard InChI is InChI=1S/C30H29P/c1-5-15-25(16-6-1)29-23-13-14-24-31(28-21-11-4-12-22-28)30(29,26-17-7-2-8-18-26)27-19-9-3-10-20-27/h1-12,15-22,29H,13-14,23-24H2. The van der Waals surface area contributed by atoms with E-state index in [0.717, 1.165) is 0 Å². The lowest BCUT2D eigenvalue weighted by atomic mass is 9.74. The van der Waals surface area contributed by atoms with Crippen LogP contribution in [-0.2, 0) is 5.16 Å². The Morgan fingerprint density at radius 1 is 0.548 bits per heavy atom. The van der Waals surface area contributed by atoms with Crippen molar-refractivity contribution in [2.45, 2.75) is 30.3 Å². The van der Waals surface area contributed by atoms with Crippen LogP contribution in [0, 0.1) is 0 Å². The van der Waals surface area contributed by atoms with Crippen LogP contribution in [0.4, 0.5) is 0 Å². The van der Waals surface area contributed by atoms with E-state index in [2.05, 4.69) is 121 Å². The highest BCUT2D eigenvalue weighted by atomic mass is 31.1. The van der Waals surface area contributed by atoms with E-state index >= 15 is 0 Å². The van der Waals surface area contributed by atoms with Crippen molar-refractivity contribution in [3.05, 3.63) is 138 Å². The van der Waals surface area contributed by atoms with E-state index in [4.69, 9.17) is 0 Å². The summed E-state index contributed by atoms with van der Waals surface area (Å²) in [6, 6.07) is 45.4. The van der Waals surface area contributed by atoms with Gasteiger partial charge < -0.3 is 0 Å². The fourth-order valence-electron chi connectivity index (χ4n) is 5.49. The largest absolute Gasteiger partial charge is 0.0622 e. The molecule has 2 unspecified atom stereocenters. The lowest BCUT2D eigenvalue weighted by Crippen LogP contribution is -2.36. The number of rotatable bonds is 4. The Balaban J connectivity index is 1.86. The molecule has 31 heavy (non-hydrogen) atoms. The van der Waals surface area contributed by atoms with E-state index < -0.39 is 7.92 Å². The highest BCUT2D eigenvalue weighted by Gasteiger charge is 2.49. The molecular weight excluding hydrogens is 391 g/mol. The van der Waals surface area contributed by atoms with Gasteiger partial charge in [0.25, 0.3) is 0 Å². The number of hydrogen-bond donors (Lipinski definition) is 0. The van der Waals surface area contributed by atoms with Gasteiger partial charge in [0.15, 0.2) is 0 Å². The lowest BCUT2D eigenvalue weighted by molar-refractivity contribution is 0.508. The summed E-state index contributed by atoms with van der Waals surface area (Å²) in [5.74, 6) is 0.451. The van der Waals surface area contributed by atoms with Gasteiger partial charge in [-0.25, -0.2) is 0 Å². The van der Waals surface area contributed by atoms with Crippen molar-refractivity contribution in [1.82, 2.24) is 0 Å². The van der Waals surface area contributed by atoms with Crippen LogP contribution >= 0.6 is 7.92 Å². The summed E-state index contributed by atoms with van der Waals surface area (Å²) in [4.78, 5) is 0. The lowest BCUT2D eigenvalue weighted by Gasteiger charge is -2.47. The summed E-state index contributed by atoms with van der Waals surface area (Å²) in [5.41, 5.74) is 4.40. The molecule has 1 saturated heterocycles. The predicted octanol–water partition coefficient (Wildman–Crippen LogP) is 7.71. The van der Waals surface area contributed by atoms with E-state index in [1.807, 2.05) is 0 Å². The minimum absolute atomic E-state index is 0.0446. The van der Waals surface area contributed by atoms with Crippen LogP contribution in [-0.4, -0.2) is 6.16 Å². The Kier molecular flexibility index (Phi) is 6.01. The molecule has 0 saturated carbocycles. The minimum atomic E-state index is -0.457. The highest BCUT2D eigenvalue weighted by molar-refractivity contribution is 7.67. The van der Waals surface area contributed by atoms with Crippen LogP contribution < -0.4 is 5.30 Å². The topological polar surface area (TPSA) is 0 Å². The second-order valence-electron chi connectivity index (χ2n) is 8.44. The van der Waals surface area contributed by atoms with E-state index in [0.29, 0.717) is 5.92 Å². The summed E-state index contributed by atoms with van der Waals surface area (Å²) in [7, 11) is -0.457.